The van der Waals surface area contributed by atoms with Gasteiger partial charge in [-0.25, -0.2) is 0 Å². The molecule has 127 valence electrons. The van der Waals surface area contributed by atoms with E-state index in [1.165, 1.54) is 51.4 Å². The van der Waals surface area contributed by atoms with Crippen LogP contribution in [0.5, 0.6) is 0 Å². The van der Waals surface area contributed by atoms with Crippen LogP contribution in [0.1, 0.15) is 86.0 Å². The van der Waals surface area contributed by atoms with Crippen molar-refractivity contribution in [2.24, 2.45) is 15.2 Å². The average Bonchev–Trinajstić information content (AvgIpc) is 2.41. The van der Waals surface area contributed by atoms with E-state index in [-0.39, 0.29) is 13.0 Å². The molecule has 0 N–H and O–H groups in total. The number of rotatable bonds is 0. The molecule has 21 heavy (non-hydrogen) atoms. The first-order valence-electron chi connectivity index (χ1n) is 8.38. The monoisotopic (exact) mass is 461 g/mol. The summed E-state index contributed by atoms with van der Waals surface area (Å²) in [6, 6.07) is 0. The van der Waals surface area contributed by atoms with Crippen molar-refractivity contribution >= 4 is 0 Å². The average molecular weight is 461 g/mol. The van der Waals surface area contributed by atoms with Crippen LogP contribution < -0.4 is 0 Å². The minimum atomic E-state index is 0. The summed E-state index contributed by atoms with van der Waals surface area (Å²) in [5.41, 5.74) is 0.216. The van der Waals surface area contributed by atoms with E-state index in [4.69, 9.17) is 0 Å². The summed E-state index contributed by atoms with van der Waals surface area (Å²) in [6.07, 6.45) is 16.3. The van der Waals surface area contributed by atoms with Gasteiger partial charge in [0.15, 0.2) is 0 Å². The van der Waals surface area contributed by atoms with Gasteiger partial charge >= 0.3 is 50.5 Å². The standard InChI is InChI=1S/C8H15.C6H11.C4H9N.CH3.Ta/c1-7-4-3-5-8(2)6-7;1-2-4-6-5-3-1;1-4(2,3)5;;/h6-8H,3-5H2,1-2H3;1H,2-6H2;1-3H3;1H3;/q2*-1;;-1;. The summed E-state index contributed by atoms with van der Waals surface area (Å²) in [6.45, 7) is 10.9. The zero-order chi connectivity index (χ0) is 15.4. The van der Waals surface area contributed by atoms with Crippen molar-refractivity contribution in [2.75, 3.05) is 0 Å². The topological polar surface area (TPSA) is 12.4 Å². The van der Waals surface area contributed by atoms with Crippen LogP contribution in [0.3, 0.4) is 0 Å². The molecule has 0 spiro atoms. The van der Waals surface area contributed by atoms with E-state index in [1.54, 1.807) is 0 Å². The Morgan fingerprint density at radius 1 is 0.905 bits per heavy atom. The fourth-order valence-corrected chi connectivity index (χ4v) is 2.41. The molecule has 0 aliphatic heterocycles. The number of hydrogen-bond acceptors (Lipinski definition) is 1. The summed E-state index contributed by atoms with van der Waals surface area (Å²) >= 11 is 1.15. The van der Waals surface area contributed by atoms with Gasteiger partial charge in [-0.1, -0.05) is 52.4 Å². The van der Waals surface area contributed by atoms with Crippen molar-refractivity contribution in [2.45, 2.75) is 91.5 Å². The maximum absolute atomic E-state index is 4.13. The van der Waals surface area contributed by atoms with Gasteiger partial charge in [0.05, 0.1) is 0 Å². The minimum Gasteiger partial charge on any atom is -0.358 e. The van der Waals surface area contributed by atoms with Gasteiger partial charge in [-0.2, -0.15) is 24.7 Å². The summed E-state index contributed by atoms with van der Waals surface area (Å²) < 4.78 is 4.13. The first-order valence-corrected chi connectivity index (χ1v) is 9.82. The van der Waals surface area contributed by atoms with Gasteiger partial charge in [0.25, 0.3) is 0 Å². The van der Waals surface area contributed by atoms with Crippen molar-refractivity contribution in [1.29, 1.82) is 0 Å². The van der Waals surface area contributed by atoms with Crippen molar-refractivity contribution < 1.29 is 20.9 Å². The fraction of sp³-hybridized carbons (Fsp3) is 0.842. The molecule has 0 aromatic rings. The van der Waals surface area contributed by atoms with Crippen molar-refractivity contribution in [3.05, 3.63) is 20.3 Å². The Morgan fingerprint density at radius 2 is 1.33 bits per heavy atom. The van der Waals surface area contributed by atoms with E-state index < -0.39 is 0 Å². The van der Waals surface area contributed by atoms with Crippen molar-refractivity contribution in [1.82, 2.24) is 0 Å². The van der Waals surface area contributed by atoms with E-state index in [9.17, 15) is 0 Å². The van der Waals surface area contributed by atoms with E-state index in [2.05, 4.69) is 50.8 Å². The van der Waals surface area contributed by atoms with Crippen LogP contribution >= 0.6 is 0 Å². The quantitative estimate of drug-likeness (QED) is 0.353. The molecular formula is C19H38NTa-3. The Morgan fingerprint density at radius 3 is 1.48 bits per heavy atom. The van der Waals surface area contributed by atoms with Crippen LogP contribution in [0.15, 0.2) is 3.34 Å². The zero-order valence-corrected chi connectivity index (χ0v) is 18.6. The van der Waals surface area contributed by atoms with Crippen LogP contribution in [-0.2, 0) is 20.9 Å². The molecule has 0 saturated heterocycles. The normalized spacial score (nSPS) is 25.1. The second-order valence-corrected chi connectivity index (χ2v) is 7.99. The molecule has 0 amide bonds. The largest absolute Gasteiger partial charge is 0.358 e. The summed E-state index contributed by atoms with van der Waals surface area (Å²) in [4.78, 5) is 0. The second kappa shape index (κ2) is 14.2. The Labute approximate surface area is 147 Å². The molecule has 2 atom stereocenters. The van der Waals surface area contributed by atoms with Gasteiger partial charge in [0.1, 0.15) is 0 Å². The minimum absolute atomic E-state index is 0. The van der Waals surface area contributed by atoms with Crippen molar-refractivity contribution in [3.63, 3.8) is 0 Å². The molecule has 2 fully saturated rings. The zero-order valence-electron chi connectivity index (χ0n) is 15.4. The summed E-state index contributed by atoms with van der Waals surface area (Å²) in [5, 5.41) is 0. The Balaban J connectivity index is 0. The van der Waals surface area contributed by atoms with Crippen molar-refractivity contribution in [3.8, 4) is 0 Å². The van der Waals surface area contributed by atoms with Crippen LogP contribution in [0, 0.1) is 32.1 Å². The Hall–Kier alpha value is 0.540. The van der Waals surface area contributed by atoms with E-state index in [0.717, 1.165) is 32.7 Å². The van der Waals surface area contributed by atoms with E-state index in [0.29, 0.717) is 0 Å². The predicted octanol–water partition coefficient (Wildman–Crippen LogP) is 6.77. The molecule has 0 heterocycles. The smallest absolute Gasteiger partial charge is 0.0577 e. The third-order valence-electron chi connectivity index (χ3n) is 3.59. The molecule has 0 aromatic carbocycles. The molecular weight excluding hydrogens is 423 g/mol. The van der Waals surface area contributed by atoms with E-state index in [1.807, 2.05) is 0 Å². The van der Waals surface area contributed by atoms with Gasteiger partial charge in [0, 0.05) is 0 Å². The third-order valence-corrected chi connectivity index (χ3v) is 5.75. The maximum Gasteiger partial charge on any atom is -0.0577 e. The third kappa shape index (κ3) is 18.5. The van der Waals surface area contributed by atoms with Crippen LogP contribution in [0.2, 0.25) is 0 Å². The molecule has 2 heteroatoms. The molecule has 0 aromatic heterocycles. The van der Waals surface area contributed by atoms with E-state index >= 15 is 0 Å². The molecule has 0 bridgehead atoms. The Kier molecular flexibility index (Phi) is 16.0. The molecule has 1 nitrogen and oxygen atoms in total. The SMILES string of the molecule is CC(C)(C)[N]=[Ta].CC1[CH-]C(C)CCC1.[CH-]1CCCCC1.[CH3-]. The van der Waals surface area contributed by atoms with Crippen LogP contribution in [0.25, 0.3) is 0 Å². The summed E-state index contributed by atoms with van der Waals surface area (Å²) in [7, 11) is 0. The first-order chi connectivity index (χ1) is 9.35. The van der Waals surface area contributed by atoms with Gasteiger partial charge < -0.3 is 20.3 Å². The molecule has 2 aliphatic rings. The molecule has 2 saturated carbocycles. The molecule has 0 radical (unpaired) electrons. The Bertz CT molecular complexity index is 209. The van der Waals surface area contributed by atoms with Crippen LogP contribution in [0.4, 0.5) is 0 Å². The van der Waals surface area contributed by atoms with Crippen LogP contribution in [-0.4, -0.2) is 5.54 Å². The maximum atomic E-state index is 4.13. The summed E-state index contributed by atoms with van der Waals surface area (Å²) in [5.74, 6) is 1.78. The molecule has 2 rings (SSSR count). The fourth-order valence-electron chi connectivity index (χ4n) is 2.41. The van der Waals surface area contributed by atoms with Gasteiger partial charge in [-0.3, -0.25) is 0 Å². The number of nitrogens with zero attached hydrogens (tertiary/aromatic N) is 1. The first kappa shape index (κ1) is 23.8. The number of hydrogen-bond donors (Lipinski definition) is 0. The predicted molar refractivity (Wildman–Crippen MR) is 92.5 cm³/mol. The van der Waals surface area contributed by atoms with Gasteiger partial charge in [0.2, 0.25) is 0 Å². The second-order valence-electron chi connectivity index (χ2n) is 7.28. The molecule has 2 aliphatic carbocycles. The van der Waals surface area contributed by atoms with Gasteiger partial charge in [-0.05, 0) is 0 Å². The molecule has 2 unspecified atom stereocenters. The van der Waals surface area contributed by atoms with Gasteiger partial charge in [-0.15, -0.1) is 0 Å².